The number of halogens is 2. The first-order chi connectivity index (χ1) is 24.5. The van der Waals surface area contributed by atoms with Gasteiger partial charge in [-0.3, -0.25) is 0 Å². The SMILES string of the molecule is CS(=O)(=O)CCNCc1ccc(-c2ccc3ncnc(Nc4ccc(OCc5cccc(F)c5)c(Cl)c4)c3c2)o1.O=C(O)C(=O)O.O=C(O)C(=O)O. The maximum atomic E-state index is 13.4. The van der Waals surface area contributed by atoms with Crippen molar-refractivity contribution in [3.8, 4) is 17.1 Å². The summed E-state index contributed by atoms with van der Waals surface area (Å²) in [4.78, 5) is 45.2. The fourth-order valence-corrected chi connectivity index (χ4v) is 4.78. The zero-order chi connectivity index (χ0) is 38.4. The Morgan fingerprint density at radius 1 is 0.885 bits per heavy atom. The number of hydrogen-bond acceptors (Lipinski definition) is 12. The summed E-state index contributed by atoms with van der Waals surface area (Å²) in [6, 6.07) is 21.0. The summed E-state index contributed by atoms with van der Waals surface area (Å²) in [6.45, 7) is 0.956. The second-order valence-corrected chi connectivity index (χ2v) is 13.1. The number of anilines is 2. The Morgan fingerprint density at radius 2 is 1.58 bits per heavy atom. The van der Waals surface area contributed by atoms with Crippen LogP contribution in [0.1, 0.15) is 11.3 Å². The number of nitrogens with zero attached hydrogens (tertiary/aromatic N) is 2. The smallest absolute Gasteiger partial charge is 0.414 e. The van der Waals surface area contributed by atoms with Crippen LogP contribution in [0.4, 0.5) is 15.9 Å². The fourth-order valence-electron chi connectivity index (χ4n) is 4.03. The van der Waals surface area contributed by atoms with Gasteiger partial charge in [-0.1, -0.05) is 23.7 Å². The molecule has 2 heterocycles. The molecule has 0 amide bonds. The van der Waals surface area contributed by atoms with Gasteiger partial charge in [-0.15, -0.1) is 0 Å². The van der Waals surface area contributed by atoms with Gasteiger partial charge in [0.1, 0.15) is 51.7 Å². The number of sulfone groups is 1. The number of carboxylic acid groups (broad SMARTS) is 4. The predicted molar refractivity (Wildman–Crippen MR) is 185 cm³/mol. The van der Waals surface area contributed by atoms with Crippen LogP contribution in [0.3, 0.4) is 0 Å². The molecule has 52 heavy (non-hydrogen) atoms. The highest BCUT2D eigenvalue weighted by Gasteiger charge is 2.12. The van der Waals surface area contributed by atoms with Crippen molar-refractivity contribution in [3.63, 3.8) is 0 Å². The van der Waals surface area contributed by atoms with E-state index in [1.54, 1.807) is 24.3 Å². The van der Waals surface area contributed by atoms with Crippen molar-refractivity contribution in [1.82, 2.24) is 15.3 Å². The van der Waals surface area contributed by atoms with Gasteiger partial charge in [0.15, 0.2) is 0 Å². The van der Waals surface area contributed by atoms with Crippen LogP contribution < -0.4 is 15.4 Å². The number of furan rings is 1. The van der Waals surface area contributed by atoms with Crippen molar-refractivity contribution in [2.75, 3.05) is 23.9 Å². The molecule has 0 bridgehead atoms. The van der Waals surface area contributed by atoms with Crippen LogP contribution in [0.2, 0.25) is 5.02 Å². The molecular formula is C33H30ClFN4O12S. The molecule has 0 aliphatic rings. The van der Waals surface area contributed by atoms with Crippen molar-refractivity contribution in [3.05, 3.63) is 101 Å². The summed E-state index contributed by atoms with van der Waals surface area (Å²) >= 11 is 6.47. The number of aromatic nitrogens is 2. The van der Waals surface area contributed by atoms with Gasteiger partial charge in [-0.25, -0.2) is 42.0 Å². The van der Waals surface area contributed by atoms with Gasteiger partial charge in [0.25, 0.3) is 0 Å². The fraction of sp³-hybridized carbons (Fsp3) is 0.152. The molecule has 5 aromatic rings. The van der Waals surface area contributed by atoms with E-state index in [1.165, 1.54) is 24.7 Å². The van der Waals surface area contributed by atoms with Gasteiger partial charge in [-0.05, 0) is 66.2 Å². The van der Waals surface area contributed by atoms with Crippen LogP contribution in [0, 0.1) is 5.82 Å². The first-order valence-corrected chi connectivity index (χ1v) is 17.0. The molecule has 0 atom stereocenters. The maximum Gasteiger partial charge on any atom is 0.414 e. The first kappa shape index (κ1) is 40.3. The third-order valence-electron chi connectivity index (χ3n) is 6.37. The summed E-state index contributed by atoms with van der Waals surface area (Å²) < 4.78 is 47.8. The van der Waals surface area contributed by atoms with E-state index in [4.69, 9.17) is 60.4 Å². The number of nitrogens with one attached hydrogen (secondary N) is 2. The minimum absolute atomic E-state index is 0.0664. The number of fused-ring (bicyclic) bond motifs is 1. The van der Waals surface area contributed by atoms with Gasteiger partial charge in [0, 0.05) is 29.4 Å². The number of carboxylic acids is 4. The van der Waals surface area contributed by atoms with Gasteiger partial charge >= 0.3 is 23.9 Å². The Labute approximate surface area is 299 Å². The lowest BCUT2D eigenvalue weighted by molar-refractivity contribution is -0.159. The Kier molecular flexibility index (Phi) is 14.5. The van der Waals surface area contributed by atoms with E-state index in [0.29, 0.717) is 52.5 Å². The first-order valence-electron chi connectivity index (χ1n) is 14.6. The Bertz CT molecular complexity index is 2130. The van der Waals surface area contributed by atoms with Crippen LogP contribution in [-0.4, -0.2) is 81.2 Å². The second-order valence-electron chi connectivity index (χ2n) is 10.4. The van der Waals surface area contributed by atoms with E-state index >= 15 is 0 Å². The van der Waals surface area contributed by atoms with Crippen LogP contribution >= 0.6 is 11.6 Å². The highest BCUT2D eigenvalue weighted by Crippen LogP contribution is 2.33. The standard InChI is InChI=1S/C29H26ClFN4O4S.2C2H2O4/c1-40(36,37)12-11-32-16-23-7-10-27(39-23)20-5-8-26-24(14-20)29(34-18-33-26)35-22-6-9-28(25(30)15-22)38-17-19-3-2-4-21(31)13-19;2*3-1(4)2(5)6/h2-10,13-15,18,32H,11-12,16-17H2,1H3,(H,33,34,35);2*(H,3,4)(H,5,6). The zero-order valence-corrected chi connectivity index (χ0v) is 28.5. The molecule has 0 radical (unpaired) electrons. The molecule has 0 aliphatic carbocycles. The van der Waals surface area contributed by atoms with Crippen LogP contribution in [0.5, 0.6) is 5.75 Å². The second kappa shape index (κ2) is 18.8. The highest BCUT2D eigenvalue weighted by atomic mass is 35.5. The molecule has 0 aliphatic heterocycles. The highest BCUT2D eigenvalue weighted by molar-refractivity contribution is 7.90. The number of ether oxygens (including phenoxy) is 1. The molecule has 0 fully saturated rings. The molecule has 16 nitrogen and oxygen atoms in total. The van der Waals surface area contributed by atoms with Crippen molar-refractivity contribution in [2.24, 2.45) is 0 Å². The Hall–Kier alpha value is -6.11. The third-order valence-corrected chi connectivity index (χ3v) is 7.62. The van der Waals surface area contributed by atoms with E-state index in [9.17, 15) is 12.8 Å². The lowest BCUT2D eigenvalue weighted by Gasteiger charge is -2.12. The molecule has 19 heteroatoms. The van der Waals surface area contributed by atoms with Crippen LogP contribution in [0.15, 0.2) is 83.5 Å². The number of rotatable bonds is 11. The number of carbonyl (C=O) groups is 4. The predicted octanol–water partition coefficient (Wildman–Crippen LogP) is 4.45. The Morgan fingerprint density at radius 3 is 2.19 bits per heavy atom. The van der Waals surface area contributed by atoms with Crippen molar-refractivity contribution in [1.29, 1.82) is 0 Å². The van der Waals surface area contributed by atoms with E-state index in [0.717, 1.165) is 16.5 Å². The quantitative estimate of drug-likeness (QED) is 0.0803. The molecule has 274 valence electrons. The average molecular weight is 761 g/mol. The summed E-state index contributed by atoms with van der Waals surface area (Å²) in [5.41, 5.74) is 2.99. The molecule has 0 saturated heterocycles. The monoisotopic (exact) mass is 760 g/mol. The number of benzene rings is 3. The van der Waals surface area contributed by atoms with E-state index < -0.39 is 33.7 Å². The third kappa shape index (κ3) is 13.3. The molecule has 5 rings (SSSR count). The number of aliphatic carboxylic acids is 4. The van der Waals surface area contributed by atoms with Crippen molar-refractivity contribution >= 4 is 67.7 Å². The molecule has 0 spiro atoms. The summed E-state index contributed by atoms with van der Waals surface area (Å²) in [5.74, 6) is -5.12. The van der Waals surface area contributed by atoms with Crippen LogP contribution in [-0.2, 0) is 42.2 Å². The summed E-state index contributed by atoms with van der Waals surface area (Å²) in [6.07, 6.45) is 2.69. The lowest BCUT2D eigenvalue weighted by atomic mass is 10.1. The molecule has 6 N–H and O–H groups in total. The summed E-state index contributed by atoms with van der Waals surface area (Å²) in [5, 5.41) is 37.1. The van der Waals surface area contributed by atoms with E-state index in [2.05, 4.69) is 20.6 Å². The topological polar surface area (TPSA) is 256 Å². The molecular weight excluding hydrogens is 731 g/mol. The largest absolute Gasteiger partial charge is 0.487 e. The average Bonchev–Trinajstić information content (AvgIpc) is 3.55. The molecule has 3 aromatic carbocycles. The molecule has 0 unspecified atom stereocenters. The van der Waals surface area contributed by atoms with Crippen molar-refractivity contribution in [2.45, 2.75) is 13.2 Å². The minimum atomic E-state index is -3.02. The Balaban J connectivity index is 0.000000524. The van der Waals surface area contributed by atoms with E-state index in [1.807, 2.05) is 36.4 Å². The summed E-state index contributed by atoms with van der Waals surface area (Å²) in [7, 11) is -3.02. The molecule has 0 saturated carbocycles. The minimum Gasteiger partial charge on any atom is -0.487 e. The molecule has 2 aromatic heterocycles. The van der Waals surface area contributed by atoms with Gasteiger partial charge in [-0.2, -0.15) is 0 Å². The number of hydrogen-bond donors (Lipinski definition) is 6. The van der Waals surface area contributed by atoms with Gasteiger partial charge in [0.05, 0.1) is 22.8 Å². The van der Waals surface area contributed by atoms with Gasteiger partial charge in [0.2, 0.25) is 0 Å². The zero-order valence-electron chi connectivity index (χ0n) is 26.9. The van der Waals surface area contributed by atoms with E-state index in [-0.39, 0.29) is 18.2 Å². The normalized spacial score (nSPS) is 10.6. The van der Waals surface area contributed by atoms with Crippen LogP contribution in [0.25, 0.3) is 22.2 Å². The lowest BCUT2D eigenvalue weighted by Crippen LogP contribution is -2.21. The maximum absolute atomic E-state index is 13.4. The van der Waals surface area contributed by atoms with Crippen molar-refractivity contribution < 1.29 is 61.6 Å². The van der Waals surface area contributed by atoms with Gasteiger partial charge < -0.3 is 40.2 Å².